The molecule has 0 aliphatic carbocycles. The minimum absolute atomic E-state index is 0.0890. The Bertz CT molecular complexity index is 664. The number of urea groups is 1. The number of hydrogen-bond acceptors (Lipinski definition) is 3. The number of thiophene rings is 1. The van der Waals surface area contributed by atoms with Gasteiger partial charge >= 0.3 is 12.0 Å². The monoisotopic (exact) mass is 290 g/mol. The molecule has 6 heteroatoms. The highest BCUT2D eigenvalue weighted by molar-refractivity contribution is 7.14. The molecule has 0 unspecified atom stereocenters. The number of benzene rings is 1. The second-order valence-corrected chi connectivity index (χ2v) is 5.21. The number of carbonyl (C=O) groups excluding carboxylic acids is 1. The fourth-order valence-corrected chi connectivity index (χ4v) is 2.49. The Morgan fingerprint density at radius 2 is 1.90 bits per heavy atom. The van der Waals surface area contributed by atoms with Gasteiger partial charge < -0.3 is 10.4 Å². The highest BCUT2D eigenvalue weighted by atomic mass is 32.1. The first-order valence-corrected chi connectivity index (χ1v) is 6.82. The highest BCUT2D eigenvalue weighted by Crippen LogP contribution is 2.24. The maximum Gasteiger partial charge on any atom is 0.338 e. The van der Waals surface area contributed by atoms with Crippen LogP contribution in [0.25, 0.3) is 0 Å². The van der Waals surface area contributed by atoms with E-state index in [2.05, 4.69) is 10.6 Å². The van der Waals surface area contributed by atoms with Gasteiger partial charge in [0.2, 0.25) is 0 Å². The lowest BCUT2D eigenvalue weighted by molar-refractivity contribution is 0.0698. The first kappa shape index (κ1) is 14.1. The Labute approximate surface area is 120 Å². The molecule has 3 N–H and O–H groups in total. The average Bonchev–Trinajstić information content (AvgIpc) is 2.83. The molecule has 2 amide bonds. The summed E-state index contributed by atoms with van der Waals surface area (Å²) in [6.07, 6.45) is 0. The van der Waals surface area contributed by atoms with Crippen LogP contribution < -0.4 is 10.6 Å². The van der Waals surface area contributed by atoms with Crippen LogP contribution in [-0.4, -0.2) is 17.1 Å². The number of aryl methyl sites for hydroxylation is 1. The number of hydrogen-bond donors (Lipinski definition) is 3. The van der Waals surface area contributed by atoms with Crippen molar-refractivity contribution in [2.75, 3.05) is 10.6 Å². The molecule has 20 heavy (non-hydrogen) atoms. The number of amides is 2. The van der Waals surface area contributed by atoms with Crippen LogP contribution in [-0.2, 0) is 0 Å². The molecule has 0 radical (unpaired) electrons. The highest BCUT2D eigenvalue weighted by Gasteiger charge is 2.14. The summed E-state index contributed by atoms with van der Waals surface area (Å²) in [4.78, 5) is 22.9. The molecular weight excluding hydrogens is 276 g/mol. The van der Waals surface area contributed by atoms with Crippen LogP contribution in [0.5, 0.6) is 0 Å². The lowest BCUT2D eigenvalue weighted by atomic mass is 10.1. The molecule has 0 saturated heterocycles. The Morgan fingerprint density at radius 3 is 2.60 bits per heavy atom. The normalized spacial score (nSPS) is 10.1. The maximum atomic E-state index is 11.9. The summed E-state index contributed by atoms with van der Waals surface area (Å²) >= 11 is 1.17. The number of nitrogens with one attached hydrogen (secondary N) is 2. The second-order valence-electron chi connectivity index (χ2n) is 4.30. The molecule has 0 bridgehead atoms. The zero-order chi connectivity index (χ0) is 14.7. The third-order valence-corrected chi connectivity index (χ3v) is 3.81. The average molecular weight is 290 g/mol. The molecule has 0 saturated carbocycles. The molecule has 0 fully saturated rings. The van der Waals surface area contributed by atoms with E-state index in [1.54, 1.807) is 11.4 Å². The Morgan fingerprint density at radius 1 is 1.15 bits per heavy atom. The van der Waals surface area contributed by atoms with Gasteiger partial charge in [-0.05, 0) is 42.5 Å². The molecular formula is C14H14N2O3S. The molecule has 2 rings (SSSR count). The standard InChI is InChI=1S/C14H14N2O3S/c1-8-4-3-5-11(9(8)2)15-14(19)16-12-10(13(17)18)6-7-20-12/h3-7H,1-2H3,(H,17,18)(H2,15,16,19). The van der Waals surface area contributed by atoms with Crippen molar-refractivity contribution < 1.29 is 14.7 Å². The maximum absolute atomic E-state index is 11.9. The molecule has 104 valence electrons. The van der Waals surface area contributed by atoms with Crippen LogP contribution >= 0.6 is 11.3 Å². The van der Waals surface area contributed by atoms with Crippen molar-refractivity contribution in [3.8, 4) is 0 Å². The van der Waals surface area contributed by atoms with Gasteiger partial charge in [-0.25, -0.2) is 9.59 Å². The van der Waals surface area contributed by atoms with E-state index in [-0.39, 0.29) is 5.56 Å². The molecule has 1 aromatic heterocycles. The lowest BCUT2D eigenvalue weighted by Crippen LogP contribution is -2.20. The zero-order valence-electron chi connectivity index (χ0n) is 11.1. The van der Waals surface area contributed by atoms with Gasteiger partial charge in [0.05, 0.1) is 5.56 Å². The van der Waals surface area contributed by atoms with Crippen LogP contribution in [0, 0.1) is 13.8 Å². The number of carboxylic acid groups (broad SMARTS) is 1. The van der Waals surface area contributed by atoms with Crippen molar-refractivity contribution >= 4 is 34.0 Å². The molecule has 0 aliphatic heterocycles. The molecule has 2 aromatic rings. The van der Waals surface area contributed by atoms with Gasteiger partial charge in [-0.3, -0.25) is 5.32 Å². The van der Waals surface area contributed by atoms with E-state index in [1.807, 2.05) is 26.0 Å². The number of rotatable bonds is 3. The SMILES string of the molecule is Cc1cccc(NC(=O)Nc2sccc2C(=O)O)c1C. The molecule has 5 nitrogen and oxygen atoms in total. The summed E-state index contributed by atoms with van der Waals surface area (Å²) in [5.41, 5.74) is 2.85. The summed E-state index contributed by atoms with van der Waals surface area (Å²) < 4.78 is 0. The van der Waals surface area contributed by atoms with Crippen LogP contribution in [0.1, 0.15) is 21.5 Å². The predicted octanol–water partition coefficient (Wildman–Crippen LogP) is 3.71. The fourth-order valence-electron chi connectivity index (χ4n) is 1.72. The Balaban J connectivity index is 2.11. The van der Waals surface area contributed by atoms with Gasteiger partial charge in [0.1, 0.15) is 5.00 Å². The summed E-state index contributed by atoms with van der Waals surface area (Å²) in [6.45, 7) is 3.87. The summed E-state index contributed by atoms with van der Waals surface area (Å²) in [6, 6.07) is 6.62. The molecule has 1 heterocycles. The summed E-state index contributed by atoms with van der Waals surface area (Å²) in [5.74, 6) is -1.06. The van der Waals surface area contributed by atoms with Crippen molar-refractivity contribution in [3.63, 3.8) is 0 Å². The van der Waals surface area contributed by atoms with Crippen LogP contribution in [0.2, 0.25) is 0 Å². The van der Waals surface area contributed by atoms with Crippen molar-refractivity contribution in [2.45, 2.75) is 13.8 Å². The predicted molar refractivity (Wildman–Crippen MR) is 79.8 cm³/mol. The van der Waals surface area contributed by atoms with E-state index < -0.39 is 12.0 Å². The fraction of sp³-hybridized carbons (Fsp3) is 0.143. The van der Waals surface area contributed by atoms with Gasteiger partial charge in [-0.1, -0.05) is 12.1 Å². The van der Waals surface area contributed by atoms with Crippen LogP contribution in [0.15, 0.2) is 29.6 Å². The van der Waals surface area contributed by atoms with E-state index in [4.69, 9.17) is 5.11 Å². The molecule has 0 spiro atoms. The first-order chi connectivity index (χ1) is 9.49. The number of carbonyl (C=O) groups is 2. The largest absolute Gasteiger partial charge is 0.478 e. The molecule has 0 aliphatic rings. The number of aromatic carboxylic acids is 1. The van der Waals surface area contributed by atoms with Crippen molar-refractivity contribution in [1.29, 1.82) is 0 Å². The molecule has 0 atom stereocenters. The van der Waals surface area contributed by atoms with E-state index in [0.717, 1.165) is 11.1 Å². The van der Waals surface area contributed by atoms with Crippen LogP contribution in [0.3, 0.4) is 0 Å². The van der Waals surface area contributed by atoms with Gasteiger partial charge in [0.15, 0.2) is 0 Å². The summed E-state index contributed by atoms with van der Waals surface area (Å²) in [5, 5.41) is 16.2. The van der Waals surface area contributed by atoms with E-state index in [9.17, 15) is 9.59 Å². The van der Waals surface area contributed by atoms with Crippen molar-refractivity contribution in [3.05, 3.63) is 46.3 Å². The zero-order valence-corrected chi connectivity index (χ0v) is 11.9. The van der Waals surface area contributed by atoms with Gasteiger partial charge in [-0.2, -0.15) is 0 Å². The smallest absolute Gasteiger partial charge is 0.338 e. The van der Waals surface area contributed by atoms with Gasteiger partial charge in [0.25, 0.3) is 0 Å². The summed E-state index contributed by atoms with van der Waals surface area (Å²) in [7, 11) is 0. The van der Waals surface area contributed by atoms with Crippen LogP contribution in [0.4, 0.5) is 15.5 Å². The van der Waals surface area contributed by atoms with Crippen molar-refractivity contribution in [1.82, 2.24) is 0 Å². The Hall–Kier alpha value is -2.34. The third kappa shape index (κ3) is 2.97. The first-order valence-electron chi connectivity index (χ1n) is 5.94. The van der Waals surface area contributed by atoms with E-state index in [0.29, 0.717) is 10.7 Å². The molecule has 1 aromatic carbocycles. The quantitative estimate of drug-likeness (QED) is 0.806. The van der Waals surface area contributed by atoms with E-state index in [1.165, 1.54) is 17.4 Å². The lowest BCUT2D eigenvalue weighted by Gasteiger charge is -2.11. The van der Waals surface area contributed by atoms with Crippen molar-refractivity contribution in [2.24, 2.45) is 0 Å². The number of anilines is 2. The minimum atomic E-state index is -1.06. The van der Waals surface area contributed by atoms with E-state index >= 15 is 0 Å². The van der Waals surface area contributed by atoms with Gasteiger partial charge in [-0.15, -0.1) is 11.3 Å². The Kier molecular flexibility index (Phi) is 4.05. The minimum Gasteiger partial charge on any atom is -0.478 e. The third-order valence-electron chi connectivity index (χ3n) is 2.98. The second kappa shape index (κ2) is 5.75. The van der Waals surface area contributed by atoms with Gasteiger partial charge in [0, 0.05) is 5.69 Å². The topological polar surface area (TPSA) is 78.4 Å². The number of carboxylic acids is 1.